The minimum absolute atomic E-state index is 0.0953. The predicted molar refractivity (Wildman–Crippen MR) is 68.4 cm³/mol. The number of fused-ring (bicyclic) bond motifs is 4. The number of para-hydroxylation sites is 1. The predicted octanol–water partition coefficient (Wildman–Crippen LogP) is 2.57. The minimum atomic E-state index is -0.0953. The number of nitrogens with zero attached hydrogens (tertiary/aromatic N) is 2. The van der Waals surface area contributed by atoms with Crippen molar-refractivity contribution >= 4 is 6.08 Å². The number of rotatable bonds is 0. The van der Waals surface area contributed by atoms with Crippen molar-refractivity contribution in [1.29, 1.82) is 0 Å². The minimum Gasteiger partial charge on any atom is -0.492 e. The standard InChI is InChI=1S/C15H12N2O/c1-2-6-14-11(4-1)15(9-18-14)7-3-5-13-12(15)8-16-10-17-13/h1-6,8,10H,7,9H2. The van der Waals surface area contributed by atoms with Crippen LogP contribution in [0.4, 0.5) is 0 Å². The zero-order valence-corrected chi connectivity index (χ0v) is 9.84. The summed E-state index contributed by atoms with van der Waals surface area (Å²) in [5, 5.41) is 0. The highest BCUT2D eigenvalue weighted by Crippen LogP contribution is 2.48. The van der Waals surface area contributed by atoms with E-state index in [1.54, 1.807) is 6.33 Å². The molecule has 2 heterocycles. The Balaban J connectivity index is 2.00. The first-order chi connectivity index (χ1) is 8.90. The lowest BCUT2D eigenvalue weighted by Crippen LogP contribution is -2.32. The smallest absolute Gasteiger partial charge is 0.123 e. The van der Waals surface area contributed by atoms with Crippen LogP contribution in [-0.4, -0.2) is 16.6 Å². The number of hydrogen-bond donors (Lipinski definition) is 0. The van der Waals surface area contributed by atoms with E-state index < -0.39 is 0 Å². The maximum atomic E-state index is 5.86. The summed E-state index contributed by atoms with van der Waals surface area (Å²) < 4.78 is 5.86. The summed E-state index contributed by atoms with van der Waals surface area (Å²) >= 11 is 0. The van der Waals surface area contributed by atoms with Crippen molar-refractivity contribution in [2.75, 3.05) is 6.61 Å². The first-order valence-corrected chi connectivity index (χ1v) is 6.09. The Labute approximate surface area is 105 Å². The molecule has 18 heavy (non-hydrogen) atoms. The third kappa shape index (κ3) is 1.13. The van der Waals surface area contributed by atoms with Gasteiger partial charge in [0.1, 0.15) is 18.7 Å². The summed E-state index contributed by atoms with van der Waals surface area (Å²) in [6.45, 7) is 0.678. The van der Waals surface area contributed by atoms with Crippen molar-refractivity contribution < 1.29 is 4.74 Å². The topological polar surface area (TPSA) is 35.0 Å². The van der Waals surface area contributed by atoms with E-state index in [2.05, 4.69) is 34.3 Å². The maximum Gasteiger partial charge on any atom is 0.123 e. The Morgan fingerprint density at radius 1 is 1.17 bits per heavy atom. The van der Waals surface area contributed by atoms with E-state index >= 15 is 0 Å². The quantitative estimate of drug-likeness (QED) is 0.705. The fourth-order valence-electron chi connectivity index (χ4n) is 2.98. The molecule has 0 amide bonds. The summed E-state index contributed by atoms with van der Waals surface area (Å²) in [5.74, 6) is 0.989. The van der Waals surface area contributed by atoms with E-state index in [0.717, 1.165) is 17.9 Å². The molecule has 0 bridgehead atoms. The molecule has 1 spiro atoms. The summed E-state index contributed by atoms with van der Waals surface area (Å²) in [4.78, 5) is 8.55. The molecule has 3 nitrogen and oxygen atoms in total. The fraction of sp³-hybridized carbons (Fsp3) is 0.200. The largest absolute Gasteiger partial charge is 0.492 e. The third-order valence-electron chi connectivity index (χ3n) is 3.88. The van der Waals surface area contributed by atoms with E-state index in [4.69, 9.17) is 4.74 Å². The zero-order valence-electron chi connectivity index (χ0n) is 9.84. The van der Waals surface area contributed by atoms with E-state index in [1.807, 2.05) is 18.3 Å². The van der Waals surface area contributed by atoms with Gasteiger partial charge in [0.05, 0.1) is 11.1 Å². The monoisotopic (exact) mass is 236 g/mol. The number of hydrogen-bond acceptors (Lipinski definition) is 3. The van der Waals surface area contributed by atoms with Gasteiger partial charge in [0.2, 0.25) is 0 Å². The van der Waals surface area contributed by atoms with E-state index in [1.165, 1.54) is 11.1 Å². The Bertz CT molecular complexity index is 650. The molecule has 0 radical (unpaired) electrons. The van der Waals surface area contributed by atoms with Crippen molar-refractivity contribution in [1.82, 2.24) is 9.97 Å². The maximum absolute atomic E-state index is 5.86. The highest BCUT2D eigenvalue weighted by atomic mass is 16.5. The average Bonchev–Trinajstić information content (AvgIpc) is 2.80. The van der Waals surface area contributed by atoms with E-state index in [9.17, 15) is 0 Å². The summed E-state index contributed by atoms with van der Waals surface area (Å²) in [6.07, 6.45) is 8.73. The molecule has 0 saturated carbocycles. The highest BCUT2D eigenvalue weighted by Gasteiger charge is 2.44. The summed E-state index contributed by atoms with van der Waals surface area (Å²) in [6, 6.07) is 8.26. The van der Waals surface area contributed by atoms with Crippen LogP contribution in [0.2, 0.25) is 0 Å². The van der Waals surface area contributed by atoms with Crippen LogP contribution in [0.3, 0.4) is 0 Å². The first kappa shape index (κ1) is 9.83. The van der Waals surface area contributed by atoms with Crippen molar-refractivity contribution in [3.05, 3.63) is 59.7 Å². The van der Waals surface area contributed by atoms with Crippen LogP contribution in [0.25, 0.3) is 6.08 Å². The van der Waals surface area contributed by atoms with Gasteiger partial charge in [-0.1, -0.05) is 24.3 Å². The van der Waals surface area contributed by atoms with Crippen LogP contribution >= 0.6 is 0 Å². The van der Waals surface area contributed by atoms with Crippen LogP contribution in [0.1, 0.15) is 23.2 Å². The van der Waals surface area contributed by atoms with Gasteiger partial charge in [-0.2, -0.15) is 0 Å². The molecule has 4 rings (SSSR count). The fourth-order valence-corrected chi connectivity index (χ4v) is 2.98. The Hall–Kier alpha value is -2.16. The molecule has 1 aliphatic heterocycles. The van der Waals surface area contributed by atoms with Gasteiger partial charge in [0.25, 0.3) is 0 Å². The molecule has 0 N–H and O–H groups in total. The van der Waals surface area contributed by atoms with Crippen LogP contribution in [0.15, 0.2) is 42.9 Å². The van der Waals surface area contributed by atoms with Crippen molar-refractivity contribution in [3.63, 3.8) is 0 Å². The van der Waals surface area contributed by atoms with Crippen LogP contribution in [-0.2, 0) is 5.41 Å². The second kappa shape index (κ2) is 3.42. The van der Waals surface area contributed by atoms with Gasteiger partial charge in [0, 0.05) is 17.3 Å². The van der Waals surface area contributed by atoms with Gasteiger partial charge in [-0.15, -0.1) is 0 Å². The third-order valence-corrected chi connectivity index (χ3v) is 3.88. The summed E-state index contributed by atoms with van der Waals surface area (Å²) in [7, 11) is 0. The van der Waals surface area contributed by atoms with Gasteiger partial charge in [-0.3, -0.25) is 0 Å². The lowest BCUT2D eigenvalue weighted by atomic mass is 9.71. The van der Waals surface area contributed by atoms with Crippen molar-refractivity contribution in [2.45, 2.75) is 11.8 Å². The van der Waals surface area contributed by atoms with Gasteiger partial charge < -0.3 is 4.74 Å². The molecule has 3 heteroatoms. The Morgan fingerprint density at radius 2 is 2.11 bits per heavy atom. The van der Waals surface area contributed by atoms with E-state index in [0.29, 0.717) is 6.61 Å². The molecule has 2 aliphatic rings. The van der Waals surface area contributed by atoms with Gasteiger partial charge in [-0.25, -0.2) is 9.97 Å². The Morgan fingerprint density at radius 3 is 3.11 bits per heavy atom. The van der Waals surface area contributed by atoms with Crippen LogP contribution in [0, 0.1) is 0 Å². The molecule has 1 atom stereocenters. The molecule has 1 unspecified atom stereocenters. The highest BCUT2D eigenvalue weighted by molar-refractivity contribution is 5.61. The molecule has 2 aromatic rings. The molecule has 0 fully saturated rings. The number of aromatic nitrogens is 2. The SMILES string of the molecule is C1=Cc2ncncc2C2(C1)COc1ccccc12. The van der Waals surface area contributed by atoms with Gasteiger partial charge >= 0.3 is 0 Å². The zero-order chi connectivity index (χ0) is 12.0. The summed E-state index contributed by atoms with van der Waals surface area (Å²) in [5.41, 5.74) is 3.35. The molecule has 1 aliphatic carbocycles. The lowest BCUT2D eigenvalue weighted by Gasteiger charge is -2.30. The molecular formula is C15H12N2O. The van der Waals surface area contributed by atoms with Gasteiger partial charge in [0.15, 0.2) is 0 Å². The van der Waals surface area contributed by atoms with Crippen molar-refractivity contribution in [2.24, 2.45) is 0 Å². The van der Waals surface area contributed by atoms with Gasteiger partial charge in [-0.05, 0) is 18.6 Å². The molecular weight excluding hydrogens is 224 g/mol. The average molecular weight is 236 g/mol. The second-order valence-corrected chi connectivity index (χ2v) is 4.80. The molecule has 0 saturated heterocycles. The van der Waals surface area contributed by atoms with Crippen LogP contribution < -0.4 is 4.74 Å². The molecule has 88 valence electrons. The second-order valence-electron chi connectivity index (χ2n) is 4.80. The molecule has 1 aromatic carbocycles. The number of allylic oxidation sites excluding steroid dienone is 1. The first-order valence-electron chi connectivity index (χ1n) is 6.09. The molecule has 1 aromatic heterocycles. The number of ether oxygens (including phenoxy) is 1. The van der Waals surface area contributed by atoms with Crippen LogP contribution in [0.5, 0.6) is 5.75 Å². The lowest BCUT2D eigenvalue weighted by molar-refractivity contribution is 0.290. The Kier molecular flexibility index (Phi) is 1.87. The van der Waals surface area contributed by atoms with E-state index in [-0.39, 0.29) is 5.41 Å². The van der Waals surface area contributed by atoms with Crippen molar-refractivity contribution in [3.8, 4) is 5.75 Å². The number of benzene rings is 1. The normalized spacial score (nSPS) is 23.6.